The number of halogens is 2. The number of hydrogen-bond donors (Lipinski definition) is 1. The lowest BCUT2D eigenvalue weighted by Gasteiger charge is -2.04. The van der Waals surface area contributed by atoms with Crippen LogP contribution in [-0.2, 0) is 0 Å². The van der Waals surface area contributed by atoms with Crippen LogP contribution in [0.5, 0.6) is 0 Å². The van der Waals surface area contributed by atoms with Crippen LogP contribution >= 0.6 is 24.0 Å². The SMILES string of the molecule is Cc1ccc(Cl)c(N)c1C.Cl. The van der Waals surface area contributed by atoms with Gasteiger partial charge >= 0.3 is 0 Å². The second-order valence-electron chi connectivity index (χ2n) is 2.40. The number of rotatable bonds is 0. The number of anilines is 1. The first kappa shape index (κ1) is 10.6. The van der Waals surface area contributed by atoms with Gasteiger partial charge in [-0.15, -0.1) is 12.4 Å². The van der Waals surface area contributed by atoms with Gasteiger partial charge in [0, 0.05) is 0 Å². The number of nitrogen functional groups attached to an aromatic ring is 1. The van der Waals surface area contributed by atoms with E-state index in [0.29, 0.717) is 10.7 Å². The third-order valence-electron chi connectivity index (χ3n) is 1.73. The molecule has 0 aliphatic carbocycles. The van der Waals surface area contributed by atoms with Crippen LogP contribution < -0.4 is 5.73 Å². The van der Waals surface area contributed by atoms with E-state index in [0.717, 1.165) is 5.56 Å². The van der Waals surface area contributed by atoms with Crippen molar-refractivity contribution < 1.29 is 0 Å². The quantitative estimate of drug-likeness (QED) is 0.628. The highest BCUT2D eigenvalue weighted by Gasteiger charge is 2.00. The molecule has 0 unspecified atom stereocenters. The van der Waals surface area contributed by atoms with Gasteiger partial charge in [0.1, 0.15) is 0 Å². The fraction of sp³-hybridized carbons (Fsp3) is 0.250. The Morgan fingerprint density at radius 3 is 2.27 bits per heavy atom. The average molecular weight is 192 g/mol. The number of hydrogen-bond acceptors (Lipinski definition) is 1. The minimum atomic E-state index is 0. The lowest BCUT2D eigenvalue weighted by molar-refractivity contribution is 1.35. The summed E-state index contributed by atoms with van der Waals surface area (Å²) >= 11 is 5.76. The Hall–Kier alpha value is -0.400. The molecular weight excluding hydrogens is 181 g/mol. The maximum atomic E-state index is 5.76. The highest BCUT2D eigenvalue weighted by molar-refractivity contribution is 6.33. The summed E-state index contributed by atoms with van der Waals surface area (Å²) in [7, 11) is 0. The van der Waals surface area contributed by atoms with Crippen LogP contribution in [0, 0.1) is 13.8 Å². The standard InChI is InChI=1S/C8H10ClN.ClH/c1-5-3-4-7(9)8(10)6(5)2;/h3-4H,10H2,1-2H3;1H. The van der Waals surface area contributed by atoms with Crippen LogP contribution in [0.3, 0.4) is 0 Å². The molecule has 0 heterocycles. The zero-order valence-electron chi connectivity index (χ0n) is 6.52. The normalized spacial score (nSPS) is 9.00. The Balaban J connectivity index is 0.000001000. The van der Waals surface area contributed by atoms with Crippen molar-refractivity contribution in [1.82, 2.24) is 0 Å². The first-order valence-corrected chi connectivity index (χ1v) is 3.52. The van der Waals surface area contributed by atoms with Crippen molar-refractivity contribution in [2.75, 3.05) is 5.73 Å². The summed E-state index contributed by atoms with van der Waals surface area (Å²) in [6, 6.07) is 3.78. The van der Waals surface area contributed by atoms with Gasteiger partial charge in [-0.25, -0.2) is 0 Å². The Kier molecular flexibility index (Phi) is 3.70. The third kappa shape index (κ3) is 2.01. The average Bonchev–Trinajstić information content (AvgIpc) is 1.93. The van der Waals surface area contributed by atoms with Crippen molar-refractivity contribution in [3.05, 3.63) is 28.3 Å². The first-order chi connectivity index (χ1) is 4.63. The molecule has 0 bridgehead atoms. The van der Waals surface area contributed by atoms with Crippen LogP contribution in [0.25, 0.3) is 0 Å². The van der Waals surface area contributed by atoms with Gasteiger partial charge in [-0.2, -0.15) is 0 Å². The molecule has 1 nitrogen and oxygen atoms in total. The minimum absolute atomic E-state index is 0. The lowest BCUT2D eigenvalue weighted by atomic mass is 10.1. The van der Waals surface area contributed by atoms with E-state index >= 15 is 0 Å². The molecule has 3 heteroatoms. The lowest BCUT2D eigenvalue weighted by Crippen LogP contribution is -1.92. The Labute approximate surface area is 78.0 Å². The Morgan fingerprint density at radius 2 is 1.82 bits per heavy atom. The molecule has 11 heavy (non-hydrogen) atoms. The molecule has 0 saturated heterocycles. The molecule has 0 radical (unpaired) electrons. The van der Waals surface area contributed by atoms with E-state index in [2.05, 4.69) is 0 Å². The molecule has 2 N–H and O–H groups in total. The van der Waals surface area contributed by atoms with Crippen molar-refractivity contribution in [2.45, 2.75) is 13.8 Å². The topological polar surface area (TPSA) is 26.0 Å². The monoisotopic (exact) mass is 191 g/mol. The summed E-state index contributed by atoms with van der Waals surface area (Å²) in [5.74, 6) is 0. The molecule has 62 valence electrons. The number of aryl methyl sites for hydroxylation is 1. The van der Waals surface area contributed by atoms with Gasteiger partial charge < -0.3 is 5.73 Å². The second-order valence-corrected chi connectivity index (χ2v) is 2.81. The van der Waals surface area contributed by atoms with Crippen molar-refractivity contribution in [2.24, 2.45) is 0 Å². The van der Waals surface area contributed by atoms with Crippen LogP contribution in [0.15, 0.2) is 12.1 Å². The summed E-state index contributed by atoms with van der Waals surface area (Å²) in [5.41, 5.74) is 8.61. The van der Waals surface area contributed by atoms with Gasteiger partial charge in [0.2, 0.25) is 0 Å². The largest absolute Gasteiger partial charge is 0.397 e. The summed E-state index contributed by atoms with van der Waals surface area (Å²) in [5, 5.41) is 0.642. The molecule has 0 aromatic heterocycles. The third-order valence-corrected chi connectivity index (χ3v) is 2.06. The van der Waals surface area contributed by atoms with Gasteiger partial charge in [-0.3, -0.25) is 0 Å². The highest BCUT2D eigenvalue weighted by atomic mass is 35.5. The van der Waals surface area contributed by atoms with Gasteiger partial charge in [-0.1, -0.05) is 17.7 Å². The molecule has 0 aliphatic heterocycles. The van der Waals surface area contributed by atoms with Gasteiger partial charge in [-0.05, 0) is 31.0 Å². The van der Waals surface area contributed by atoms with Crippen molar-refractivity contribution in [3.8, 4) is 0 Å². The second kappa shape index (κ2) is 3.84. The smallest absolute Gasteiger partial charge is 0.0638 e. The Morgan fingerprint density at radius 1 is 1.27 bits per heavy atom. The van der Waals surface area contributed by atoms with Crippen LogP contribution in [0.1, 0.15) is 11.1 Å². The molecule has 0 atom stereocenters. The summed E-state index contributed by atoms with van der Waals surface area (Å²) in [4.78, 5) is 0. The van der Waals surface area contributed by atoms with E-state index < -0.39 is 0 Å². The maximum absolute atomic E-state index is 5.76. The minimum Gasteiger partial charge on any atom is -0.397 e. The number of benzene rings is 1. The zero-order valence-corrected chi connectivity index (χ0v) is 8.09. The van der Waals surface area contributed by atoms with E-state index in [1.54, 1.807) is 0 Å². The predicted octanol–water partition coefficient (Wildman–Crippen LogP) is 2.96. The molecule has 0 fully saturated rings. The van der Waals surface area contributed by atoms with E-state index in [9.17, 15) is 0 Å². The zero-order chi connectivity index (χ0) is 7.72. The van der Waals surface area contributed by atoms with Crippen LogP contribution in [0.4, 0.5) is 5.69 Å². The maximum Gasteiger partial charge on any atom is 0.0638 e. The van der Waals surface area contributed by atoms with Gasteiger partial charge in [0.25, 0.3) is 0 Å². The summed E-state index contributed by atoms with van der Waals surface area (Å²) < 4.78 is 0. The molecule has 1 aromatic carbocycles. The molecule has 0 amide bonds. The molecular formula is C8H11Cl2N. The first-order valence-electron chi connectivity index (χ1n) is 3.14. The highest BCUT2D eigenvalue weighted by Crippen LogP contribution is 2.24. The molecule has 0 spiro atoms. The molecule has 0 saturated carbocycles. The van der Waals surface area contributed by atoms with E-state index in [1.807, 2.05) is 26.0 Å². The summed E-state index contributed by atoms with van der Waals surface area (Å²) in [6.07, 6.45) is 0. The van der Waals surface area contributed by atoms with Crippen LogP contribution in [-0.4, -0.2) is 0 Å². The summed E-state index contributed by atoms with van der Waals surface area (Å²) in [6.45, 7) is 3.98. The molecule has 1 aromatic rings. The van der Waals surface area contributed by atoms with E-state index in [1.165, 1.54) is 5.56 Å². The predicted molar refractivity (Wildman–Crippen MR) is 52.6 cm³/mol. The van der Waals surface area contributed by atoms with Gasteiger partial charge in [0.15, 0.2) is 0 Å². The van der Waals surface area contributed by atoms with E-state index in [-0.39, 0.29) is 12.4 Å². The van der Waals surface area contributed by atoms with Crippen molar-refractivity contribution in [1.29, 1.82) is 0 Å². The number of nitrogens with two attached hydrogens (primary N) is 1. The molecule has 0 aliphatic rings. The Bertz CT molecular complexity index is 232. The van der Waals surface area contributed by atoms with Crippen LogP contribution in [0.2, 0.25) is 5.02 Å². The fourth-order valence-corrected chi connectivity index (χ4v) is 1.01. The molecule has 1 rings (SSSR count). The van der Waals surface area contributed by atoms with Gasteiger partial charge in [0.05, 0.1) is 10.7 Å². The van der Waals surface area contributed by atoms with E-state index in [4.69, 9.17) is 17.3 Å². The van der Waals surface area contributed by atoms with Crippen molar-refractivity contribution >= 4 is 29.7 Å². The fourth-order valence-electron chi connectivity index (χ4n) is 0.804. The van der Waals surface area contributed by atoms with Crippen molar-refractivity contribution in [3.63, 3.8) is 0 Å².